The molecule has 4 fully saturated rings. The van der Waals surface area contributed by atoms with Crippen molar-refractivity contribution >= 4 is 27.8 Å². The predicted octanol–water partition coefficient (Wildman–Crippen LogP) is 3.89. The van der Waals surface area contributed by atoms with Gasteiger partial charge in [0.2, 0.25) is 17.7 Å². The van der Waals surface area contributed by atoms with Gasteiger partial charge in [-0.1, -0.05) is 15.9 Å². The van der Waals surface area contributed by atoms with Crippen molar-refractivity contribution in [3.8, 4) is 0 Å². The van der Waals surface area contributed by atoms with Crippen molar-refractivity contribution in [3.05, 3.63) is 5.82 Å². The Hall–Kier alpha value is -1.12. The number of carbonyl (C=O) groups is 1. The minimum atomic E-state index is -4.60. The van der Waals surface area contributed by atoms with Gasteiger partial charge in [-0.15, -0.1) is 5.10 Å². The number of amides is 1. The van der Waals surface area contributed by atoms with E-state index in [4.69, 9.17) is 0 Å². The van der Waals surface area contributed by atoms with E-state index in [-0.39, 0.29) is 21.6 Å². The van der Waals surface area contributed by atoms with Crippen molar-refractivity contribution in [2.24, 2.45) is 17.3 Å². The Morgan fingerprint density at radius 1 is 1.29 bits per heavy atom. The van der Waals surface area contributed by atoms with Crippen molar-refractivity contribution in [1.29, 1.82) is 0 Å². The number of nitrogens with zero attached hydrogens (tertiary/aromatic N) is 2. The summed E-state index contributed by atoms with van der Waals surface area (Å²) in [7, 11) is 0. The first kappa shape index (κ1) is 16.4. The van der Waals surface area contributed by atoms with E-state index in [9.17, 15) is 18.0 Å². The van der Waals surface area contributed by atoms with Crippen molar-refractivity contribution in [2.75, 3.05) is 5.32 Å². The van der Waals surface area contributed by atoms with Crippen LogP contribution in [-0.2, 0) is 11.0 Å². The number of carbonyl (C=O) groups excluding carboxylic acids is 1. The smallest absolute Gasteiger partial charge is 0.293 e. The molecule has 0 radical (unpaired) electrons. The zero-order chi connectivity index (χ0) is 17.2. The van der Waals surface area contributed by atoms with Crippen LogP contribution >= 0.6 is 15.9 Å². The van der Waals surface area contributed by atoms with Crippen LogP contribution in [0.1, 0.15) is 50.8 Å². The summed E-state index contributed by atoms with van der Waals surface area (Å²) in [5.41, 5.74) is -0.0408. The minimum Gasteiger partial charge on any atom is -0.293 e. The molecule has 1 aromatic rings. The molecule has 0 aliphatic heterocycles. The Balaban J connectivity index is 1.44. The van der Waals surface area contributed by atoms with E-state index in [1.807, 2.05) is 5.10 Å². The number of rotatable bonds is 3. The number of H-pyrrole nitrogens is 1. The van der Waals surface area contributed by atoms with Gasteiger partial charge >= 0.3 is 6.18 Å². The number of hydrogen-bond donors (Lipinski definition) is 2. The molecule has 0 aromatic carbocycles. The average Bonchev–Trinajstić information content (AvgIpc) is 2.82. The first-order valence-electron chi connectivity index (χ1n) is 8.13. The highest BCUT2D eigenvalue weighted by Crippen LogP contribution is 2.65. The lowest BCUT2D eigenvalue weighted by Crippen LogP contribution is -2.53. The van der Waals surface area contributed by atoms with Crippen LogP contribution < -0.4 is 5.32 Å². The molecule has 4 bridgehead atoms. The van der Waals surface area contributed by atoms with E-state index < -0.39 is 12.0 Å². The van der Waals surface area contributed by atoms with Crippen molar-refractivity contribution < 1.29 is 18.0 Å². The third kappa shape index (κ3) is 2.95. The quantitative estimate of drug-likeness (QED) is 0.748. The molecule has 4 aliphatic carbocycles. The van der Waals surface area contributed by atoms with Gasteiger partial charge in [-0.25, -0.2) is 0 Å². The van der Waals surface area contributed by atoms with E-state index in [0.29, 0.717) is 18.3 Å². The second-order valence-corrected chi connectivity index (χ2v) is 9.52. The number of aromatic amines is 1. The highest BCUT2D eigenvalue weighted by Gasteiger charge is 2.57. The number of anilines is 1. The van der Waals surface area contributed by atoms with Crippen LogP contribution in [-0.4, -0.2) is 25.4 Å². The van der Waals surface area contributed by atoms with Gasteiger partial charge in [0, 0.05) is 10.7 Å². The Morgan fingerprint density at radius 2 is 1.96 bits per heavy atom. The zero-order valence-electron chi connectivity index (χ0n) is 12.9. The molecule has 132 valence electrons. The summed E-state index contributed by atoms with van der Waals surface area (Å²) in [4.78, 5) is 15.7. The zero-order valence-corrected chi connectivity index (χ0v) is 14.5. The van der Waals surface area contributed by atoms with Crippen LogP contribution in [0, 0.1) is 17.3 Å². The van der Waals surface area contributed by atoms with Crippen LogP contribution in [0.25, 0.3) is 0 Å². The van der Waals surface area contributed by atoms with Crippen LogP contribution in [0.4, 0.5) is 19.1 Å². The van der Waals surface area contributed by atoms with Gasteiger partial charge in [-0.2, -0.15) is 18.2 Å². The SMILES string of the molecule is O=C(CC12CC3CC(CC(Br)(C3)C1)C2)Nc1n[nH]c(C(F)(F)F)n1. The van der Waals surface area contributed by atoms with Crippen LogP contribution in [0.15, 0.2) is 0 Å². The molecule has 1 heterocycles. The summed E-state index contributed by atoms with van der Waals surface area (Å²) in [6, 6.07) is 0. The van der Waals surface area contributed by atoms with E-state index in [0.717, 1.165) is 19.3 Å². The second-order valence-electron chi connectivity index (χ2n) is 7.84. The second kappa shape index (κ2) is 5.19. The molecule has 0 saturated heterocycles. The molecule has 2 atom stereocenters. The molecule has 4 aliphatic rings. The molecular formula is C15H18BrF3N4O. The minimum absolute atomic E-state index is 0.0408. The highest BCUT2D eigenvalue weighted by molar-refractivity contribution is 9.10. The van der Waals surface area contributed by atoms with Crippen LogP contribution in [0.3, 0.4) is 0 Å². The number of alkyl halides is 4. The fourth-order valence-electron chi connectivity index (χ4n) is 5.50. The maximum absolute atomic E-state index is 12.5. The average molecular weight is 407 g/mol. The topological polar surface area (TPSA) is 70.7 Å². The van der Waals surface area contributed by atoms with Gasteiger partial charge in [0.15, 0.2) is 0 Å². The van der Waals surface area contributed by atoms with Crippen LogP contribution in [0.2, 0.25) is 0 Å². The largest absolute Gasteiger partial charge is 0.451 e. The Labute approximate surface area is 145 Å². The molecule has 24 heavy (non-hydrogen) atoms. The third-order valence-corrected chi connectivity index (χ3v) is 6.58. The summed E-state index contributed by atoms with van der Waals surface area (Å²) in [6.07, 6.45) is 2.33. The van der Waals surface area contributed by atoms with Gasteiger partial charge in [0.1, 0.15) is 0 Å². The Kier molecular flexibility index (Phi) is 3.54. The lowest BCUT2D eigenvalue weighted by atomic mass is 9.48. The van der Waals surface area contributed by atoms with Crippen LogP contribution in [0.5, 0.6) is 0 Å². The number of hydrogen-bond acceptors (Lipinski definition) is 3. The maximum atomic E-state index is 12.5. The molecule has 9 heteroatoms. The lowest BCUT2D eigenvalue weighted by molar-refractivity contribution is -0.144. The fourth-order valence-corrected chi connectivity index (χ4v) is 7.01. The first-order valence-corrected chi connectivity index (χ1v) is 8.93. The molecule has 1 aromatic heterocycles. The summed E-state index contributed by atoms with van der Waals surface area (Å²) >= 11 is 3.89. The molecule has 1 amide bonds. The Bertz CT molecular complexity index is 660. The molecule has 5 nitrogen and oxygen atoms in total. The molecule has 2 N–H and O–H groups in total. The summed E-state index contributed by atoms with van der Waals surface area (Å²) < 4.78 is 37.7. The van der Waals surface area contributed by atoms with E-state index in [2.05, 4.69) is 31.3 Å². The van der Waals surface area contributed by atoms with Gasteiger partial charge in [-0.05, 0) is 55.8 Å². The molecule has 4 saturated carbocycles. The molecule has 5 rings (SSSR count). The van der Waals surface area contributed by atoms with E-state index >= 15 is 0 Å². The highest BCUT2D eigenvalue weighted by atomic mass is 79.9. The fraction of sp³-hybridized carbons (Fsp3) is 0.800. The van der Waals surface area contributed by atoms with E-state index in [1.165, 1.54) is 19.3 Å². The molecular weight excluding hydrogens is 389 g/mol. The summed E-state index contributed by atoms with van der Waals surface area (Å²) in [5.74, 6) is -0.518. The molecule has 2 unspecified atom stereocenters. The first-order chi connectivity index (χ1) is 11.1. The van der Waals surface area contributed by atoms with Gasteiger partial charge in [0.25, 0.3) is 0 Å². The van der Waals surface area contributed by atoms with Crippen molar-refractivity contribution in [3.63, 3.8) is 0 Å². The number of nitrogens with one attached hydrogen (secondary N) is 2. The van der Waals surface area contributed by atoms with Crippen molar-refractivity contribution in [1.82, 2.24) is 15.2 Å². The van der Waals surface area contributed by atoms with Gasteiger partial charge in [-0.3, -0.25) is 15.2 Å². The third-order valence-electron chi connectivity index (χ3n) is 5.65. The monoisotopic (exact) mass is 406 g/mol. The molecule has 0 spiro atoms. The standard InChI is InChI=1S/C15H18BrF3N4O/c16-14-4-8-1-9(5-14)3-13(2-8,7-14)6-10(24)20-12-21-11(22-23-12)15(17,18)19/h8-9H,1-7H2,(H2,20,21,22,23,24). The van der Waals surface area contributed by atoms with E-state index in [1.54, 1.807) is 0 Å². The lowest BCUT2D eigenvalue weighted by Gasteiger charge is -2.60. The summed E-state index contributed by atoms with van der Waals surface area (Å²) in [5, 5.41) is 7.66. The van der Waals surface area contributed by atoms with Gasteiger partial charge < -0.3 is 0 Å². The maximum Gasteiger partial charge on any atom is 0.451 e. The normalized spacial score (nSPS) is 37.7. The predicted molar refractivity (Wildman–Crippen MR) is 83.4 cm³/mol. The van der Waals surface area contributed by atoms with Crippen molar-refractivity contribution in [2.45, 2.75) is 55.4 Å². The Morgan fingerprint density at radius 3 is 2.50 bits per heavy atom. The summed E-state index contributed by atoms with van der Waals surface area (Å²) in [6.45, 7) is 0. The van der Waals surface area contributed by atoms with Gasteiger partial charge in [0.05, 0.1) is 0 Å². The number of halogens is 4. The number of aromatic nitrogens is 3.